The molecule has 0 fully saturated rings. The van der Waals surface area contributed by atoms with Gasteiger partial charge in [-0.2, -0.15) is 0 Å². The molecule has 0 heterocycles. The highest BCUT2D eigenvalue weighted by molar-refractivity contribution is 9.10. The van der Waals surface area contributed by atoms with E-state index in [9.17, 15) is 9.18 Å². The van der Waals surface area contributed by atoms with Crippen molar-refractivity contribution >= 4 is 21.9 Å². The van der Waals surface area contributed by atoms with Crippen LogP contribution in [0.4, 0.5) is 4.39 Å². The van der Waals surface area contributed by atoms with Gasteiger partial charge in [-0.1, -0.05) is 17.9 Å². The Bertz CT molecular complexity index is 426. The van der Waals surface area contributed by atoms with Crippen LogP contribution in [0.1, 0.15) is 18.9 Å². The first-order chi connectivity index (χ1) is 7.65. The number of hydrogen-bond donors (Lipinski definition) is 0. The van der Waals surface area contributed by atoms with E-state index in [0.29, 0.717) is 11.1 Å². The molecule has 0 aliphatic carbocycles. The van der Waals surface area contributed by atoms with Crippen LogP contribution in [0, 0.1) is 17.7 Å². The predicted octanol–water partition coefficient (Wildman–Crippen LogP) is 2.89. The molecule has 0 unspecified atom stereocenters. The van der Waals surface area contributed by atoms with Crippen LogP contribution in [0.15, 0.2) is 22.7 Å². The fraction of sp³-hybridized carbons (Fsp3) is 0.250. The molecule has 0 bridgehead atoms. The van der Waals surface area contributed by atoms with Gasteiger partial charge in [0, 0.05) is 4.47 Å². The number of carbonyl (C=O) groups excluding carboxylic acids is 1. The summed E-state index contributed by atoms with van der Waals surface area (Å²) in [7, 11) is 0. The molecule has 0 amide bonds. The van der Waals surface area contributed by atoms with Gasteiger partial charge in [0.05, 0.1) is 12.2 Å². The number of halogens is 2. The highest BCUT2D eigenvalue weighted by atomic mass is 79.9. The Morgan fingerprint density at radius 3 is 2.94 bits per heavy atom. The van der Waals surface area contributed by atoms with Crippen LogP contribution in [0.3, 0.4) is 0 Å². The second-order valence-electron chi connectivity index (χ2n) is 2.88. The highest BCUT2D eigenvalue weighted by Crippen LogP contribution is 2.18. The normalized spacial score (nSPS) is 9.19. The van der Waals surface area contributed by atoms with Crippen molar-refractivity contribution in [3.63, 3.8) is 0 Å². The molecular weight excluding hydrogens is 275 g/mol. The van der Waals surface area contributed by atoms with Gasteiger partial charge in [-0.3, -0.25) is 4.79 Å². The molecule has 16 heavy (non-hydrogen) atoms. The number of rotatable bonds is 2. The third-order valence-corrected chi connectivity index (χ3v) is 2.38. The van der Waals surface area contributed by atoms with Gasteiger partial charge in [0.1, 0.15) is 12.2 Å². The topological polar surface area (TPSA) is 26.3 Å². The van der Waals surface area contributed by atoms with Gasteiger partial charge in [0.15, 0.2) is 0 Å². The number of carbonyl (C=O) groups is 1. The monoisotopic (exact) mass is 284 g/mol. The Morgan fingerprint density at radius 2 is 2.31 bits per heavy atom. The maximum absolute atomic E-state index is 13.3. The van der Waals surface area contributed by atoms with E-state index in [4.69, 9.17) is 4.74 Å². The molecule has 1 aromatic carbocycles. The molecule has 0 saturated carbocycles. The molecule has 0 aliphatic rings. The molecule has 0 radical (unpaired) electrons. The van der Waals surface area contributed by atoms with E-state index in [2.05, 4.69) is 27.8 Å². The summed E-state index contributed by atoms with van der Waals surface area (Å²) in [6, 6.07) is 4.59. The van der Waals surface area contributed by atoms with Crippen molar-refractivity contribution in [2.75, 3.05) is 6.61 Å². The summed E-state index contributed by atoms with van der Waals surface area (Å²) in [5.41, 5.74) is 0.256. The summed E-state index contributed by atoms with van der Waals surface area (Å²) >= 11 is 3.19. The van der Waals surface area contributed by atoms with Gasteiger partial charge in [0.2, 0.25) is 0 Å². The number of esters is 1. The first-order valence-electron chi connectivity index (χ1n) is 4.73. The van der Waals surface area contributed by atoms with Crippen molar-refractivity contribution in [2.45, 2.75) is 13.3 Å². The predicted molar refractivity (Wildman–Crippen MR) is 62.2 cm³/mol. The fourth-order valence-electron chi connectivity index (χ4n) is 1.03. The molecule has 0 aliphatic heterocycles. The maximum Gasteiger partial charge on any atom is 0.317 e. The van der Waals surface area contributed by atoms with Crippen LogP contribution in [-0.2, 0) is 9.53 Å². The highest BCUT2D eigenvalue weighted by Gasteiger charge is 2.03. The summed E-state index contributed by atoms with van der Waals surface area (Å²) < 4.78 is 18.5. The lowest BCUT2D eigenvalue weighted by molar-refractivity contribution is -0.141. The summed E-state index contributed by atoms with van der Waals surface area (Å²) in [4.78, 5) is 11.0. The van der Waals surface area contributed by atoms with Gasteiger partial charge in [-0.15, -0.1) is 0 Å². The molecule has 0 saturated heterocycles. The zero-order valence-electron chi connectivity index (χ0n) is 8.72. The van der Waals surface area contributed by atoms with Crippen LogP contribution < -0.4 is 0 Å². The minimum Gasteiger partial charge on any atom is -0.465 e. The number of ether oxygens (including phenoxy) is 1. The average Bonchev–Trinajstić information content (AvgIpc) is 2.23. The summed E-state index contributed by atoms with van der Waals surface area (Å²) in [5, 5.41) is 0. The molecule has 84 valence electrons. The van der Waals surface area contributed by atoms with Crippen LogP contribution in [0.25, 0.3) is 0 Å². The van der Waals surface area contributed by atoms with Crippen LogP contribution in [-0.4, -0.2) is 12.6 Å². The van der Waals surface area contributed by atoms with Crippen LogP contribution in [0.5, 0.6) is 0 Å². The average molecular weight is 285 g/mol. The Kier molecular flexibility index (Phi) is 5.00. The fourth-order valence-corrected chi connectivity index (χ4v) is 1.48. The minimum absolute atomic E-state index is 0.0331. The molecule has 1 rings (SSSR count). The maximum atomic E-state index is 13.3. The first-order valence-corrected chi connectivity index (χ1v) is 5.53. The second-order valence-corrected chi connectivity index (χ2v) is 3.73. The second kappa shape index (κ2) is 6.29. The van der Waals surface area contributed by atoms with E-state index in [-0.39, 0.29) is 12.0 Å². The lowest BCUT2D eigenvalue weighted by atomic mass is 10.2. The summed E-state index contributed by atoms with van der Waals surface area (Å²) in [6.07, 6.45) is -0.0331. The van der Waals surface area contributed by atoms with Gasteiger partial charge < -0.3 is 4.74 Å². The zero-order valence-corrected chi connectivity index (χ0v) is 10.3. The minimum atomic E-state index is -0.411. The standard InChI is InChI=1S/C12H10BrFO2/c1-2-16-12(15)8-3-5-9-10(13)6-4-7-11(9)14/h4,6-7H,2,8H2,1H3. The molecule has 4 heteroatoms. The van der Waals surface area contributed by atoms with Crippen molar-refractivity contribution in [1.29, 1.82) is 0 Å². The van der Waals surface area contributed by atoms with Gasteiger partial charge in [-0.25, -0.2) is 4.39 Å². The van der Waals surface area contributed by atoms with E-state index in [1.807, 2.05) is 0 Å². The summed E-state index contributed by atoms with van der Waals surface area (Å²) in [5.74, 6) is 4.36. The smallest absolute Gasteiger partial charge is 0.317 e. The molecule has 0 atom stereocenters. The van der Waals surface area contributed by atoms with Crippen molar-refractivity contribution in [2.24, 2.45) is 0 Å². The molecule has 0 aromatic heterocycles. The van der Waals surface area contributed by atoms with E-state index in [0.717, 1.165) is 0 Å². The molecule has 2 nitrogen and oxygen atoms in total. The molecule has 0 N–H and O–H groups in total. The van der Waals surface area contributed by atoms with E-state index in [1.165, 1.54) is 6.07 Å². The Balaban J connectivity index is 2.74. The Labute approximate surface area is 102 Å². The number of benzene rings is 1. The molecular formula is C12H10BrFO2. The lowest BCUT2D eigenvalue weighted by Crippen LogP contribution is -2.01. The third-order valence-electron chi connectivity index (χ3n) is 1.71. The van der Waals surface area contributed by atoms with Gasteiger partial charge in [0.25, 0.3) is 0 Å². The third kappa shape index (κ3) is 3.67. The molecule has 1 aromatic rings. The van der Waals surface area contributed by atoms with E-state index < -0.39 is 11.8 Å². The zero-order chi connectivity index (χ0) is 12.0. The van der Waals surface area contributed by atoms with Crippen molar-refractivity contribution in [3.8, 4) is 11.8 Å². The van der Waals surface area contributed by atoms with Gasteiger partial charge >= 0.3 is 5.97 Å². The SMILES string of the molecule is CCOC(=O)CC#Cc1c(F)cccc1Br. The number of hydrogen-bond acceptors (Lipinski definition) is 2. The lowest BCUT2D eigenvalue weighted by Gasteiger charge is -1.97. The first kappa shape index (κ1) is 12.7. The quantitative estimate of drug-likeness (QED) is 0.617. The van der Waals surface area contributed by atoms with E-state index >= 15 is 0 Å². The van der Waals surface area contributed by atoms with Gasteiger partial charge in [-0.05, 0) is 35.0 Å². The van der Waals surface area contributed by atoms with E-state index in [1.54, 1.807) is 19.1 Å². The van der Waals surface area contributed by atoms with Crippen molar-refractivity contribution in [1.82, 2.24) is 0 Å². The summed E-state index contributed by atoms with van der Waals surface area (Å²) in [6.45, 7) is 2.04. The molecule has 0 spiro atoms. The van der Waals surface area contributed by atoms with Crippen LogP contribution in [0.2, 0.25) is 0 Å². The van der Waals surface area contributed by atoms with Crippen molar-refractivity contribution in [3.05, 3.63) is 34.1 Å². The Hall–Kier alpha value is -1.34. The largest absolute Gasteiger partial charge is 0.465 e. The van der Waals surface area contributed by atoms with Crippen LogP contribution >= 0.6 is 15.9 Å². The Morgan fingerprint density at radius 1 is 1.56 bits per heavy atom. The van der Waals surface area contributed by atoms with Crippen molar-refractivity contribution < 1.29 is 13.9 Å².